The number of anilines is 1. The molecule has 0 aliphatic carbocycles. The van der Waals surface area contributed by atoms with Gasteiger partial charge in [0.05, 0.1) is 18.9 Å². The van der Waals surface area contributed by atoms with E-state index in [1.165, 1.54) is 16.5 Å². The summed E-state index contributed by atoms with van der Waals surface area (Å²) in [6.07, 6.45) is 1.95. The first-order valence-electron chi connectivity index (χ1n) is 9.74. The number of morpholine rings is 1. The Morgan fingerprint density at radius 2 is 1.84 bits per heavy atom. The average molecular weight is 423 g/mol. The van der Waals surface area contributed by atoms with Crippen molar-refractivity contribution in [1.29, 1.82) is 0 Å². The van der Waals surface area contributed by atoms with Crippen molar-refractivity contribution in [3.05, 3.63) is 70.2 Å². The molecule has 0 saturated carbocycles. The molecule has 5 rings (SSSR count). The zero-order valence-electron chi connectivity index (χ0n) is 16.4. The molecule has 1 aliphatic rings. The molecule has 4 aromatic rings. The molecule has 3 aromatic heterocycles. The molecule has 0 bridgehead atoms. The first-order valence-corrected chi connectivity index (χ1v) is 9.74. The molecule has 1 saturated heterocycles. The predicted molar refractivity (Wildman–Crippen MR) is 109 cm³/mol. The zero-order valence-corrected chi connectivity index (χ0v) is 16.4. The molecule has 0 spiro atoms. The van der Waals surface area contributed by atoms with E-state index < -0.39 is 11.3 Å². The Kier molecular flexibility index (Phi) is 4.83. The number of ether oxygens (including phenoxy) is 1. The number of aromatic hydroxyl groups is 1. The minimum Gasteiger partial charge on any atom is -0.501 e. The summed E-state index contributed by atoms with van der Waals surface area (Å²) in [5.41, 5.74) is 1.26. The summed E-state index contributed by atoms with van der Waals surface area (Å²) in [6, 6.07) is 9.50. The largest absolute Gasteiger partial charge is 0.501 e. The van der Waals surface area contributed by atoms with Gasteiger partial charge in [-0.25, -0.2) is 9.37 Å². The molecule has 9 nitrogen and oxygen atoms in total. The number of fused-ring (bicyclic) bond motifs is 1. The second kappa shape index (κ2) is 7.80. The van der Waals surface area contributed by atoms with Crippen molar-refractivity contribution in [2.45, 2.75) is 6.42 Å². The van der Waals surface area contributed by atoms with Crippen LogP contribution in [0.15, 0.2) is 51.9 Å². The number of aromatic nitrogens is 4. The van der Waals surface area contributed by atoms with Crippen LogP contribution in [-0.4, -0.2) is 50.9 Å². The first-order chi connectivity index (χ1) is 15.1. The van der Waals surface area contributed by atoms with E-state index in [4.69, 9.17) is 9.26 Å². The number of nitrogens with zero attached hydrogens (tertiary/aromatic N) is 5. The second-order valence-corrected chi connectivity index (χ2v) is 7.15. The molecule has 1 aliphatic heterocycles. The van der Waals surface area contributed by atoms with Gasteiger partial charge in [-0.2, -0.15) is 4.98 Å². The fourth-order valence-electron chi connectivity index (χ4n) is 3.48. The Balaban J connectivity index is 1.47. The van der Waals surface area contributed by atoms with Gasteiger partial charge in [-0.3, -0.25) is 9.20 Å². The summed E-state index contributed by atoms with van der Waals surface area (Å²) >= 11 is 0. The van der Waals surface area contributed by atoms with Crippen LogP contribution >= 0.6 is 0 Å². The molecule has 10 heteroatoms. The van der Waals surface area contributed by atoms with Crippen LogP contribution in [0.5, 0.6) is 5.75 Å². The van der Waals surface area contributed by atoms with E-state index in [1.807, 2.05) is 6.07 Å². The lowest BCUT2D eigenvalue weighted by Crippen LogP contribution is -2.36. The zero-order chi connectivity index (χ0) is 21.4. The Bertz CT molecular complexity index is 1300. The van der Waals surface area contributed by atoms with E-state index in [1.54, 1.807) is 24.4 Å². The third-order valence-corrected chi connectivity index (χ3v) is 5.11. The summed E-state index contributed by atoms with van der Waals surface area (Å²) < 4.78 is 24.9. The molecule has 1 fully saturated rings. The van der Waals surface area contributed by atoms with Crippen molar-refractivity contribution in [2.75, 3.05) is 31.2 Å². The van der Waals surface area contributed by atoms with Gasteiger partial charge in [0.15, 0.2) is 11.5 Å². The molecular formula is C21H18FN5O4. The highest BCUT2D eigenvalue weighted by Gasteiger charge is 2.20. The second-order valence-electron chi connectivity index (χ2n) is 7.15. The van der Waals surface area contributed by atoms with Gasteiger partial charge in [-0.05, 0) is 29.8 Å². The molecule has 158 valence electrons. The van der Waals surface area contributed by atoms with Crippen LogP contribution in [0.1, 0.15) is 11.4 Å². The van der Waals surface area contributed by atoms with Gasteiger partial charge in [0.25, 0.3) is 5.89 Å². The van der Waals surface area contributed by atoms with Gasteiger partial charge in [0.1, 0.15) is 11.5 Å². The lowest BCUT2D eigenvalue weighted by Gasteiger charge is -2.28. The van der Waals surface area contributed by atoms with Gasteiger partial charge >= 0.3 is 5.56 Å². The van der Waals surface area contributed by atoms with E-state index in [0.717, 1.165) is 24.3 Å². The minimum atomic E-state index is -0.631. The summed E-state index contributed by atoms with van der Waals surface area (Å²) in [6.45, 7) is 2.67. The molecule has 0 amide bonds. The standard InChI is InChI=1S/C21H18FN5O4/c22-14-3-1-13(2-4-14)11-16-23-20(31-25-16)18-19(28)21(29)27-12-15(5-6-17(27)24-18)26-7-9-30-10-8-26/h1-6,12,28H,7-11H2. The van der Waals surface area contributed by atoms with Gasteiger partial charge in [0.2, 0.25) is 5.75 Å². The van der Waals surface area contributed by atoms with Gasteiger partial charge in [-0.15, -0.1) is 0 Å². The summed E-state index contributed by atoms with van der Waals surface area (Å²) in [7, 11) is 0. The number of rotatable bonds is 4. The van der Waals surface area contributed by atoms with Crippen molar-refractivity contribution in [3.8, 4) is 17.3 Å². The SMILES string of the molecule is O=c1c(O)c(-c2nc(Cc3ccc(F)cc3)no2)nc2ccc(N3CCOCC3)cn12. The Labute approximate surface area is 175 Å². The monoisotopic (exact) mass is 423 g/mol. The number of benzene rings is 1. The molecule has 0 unspecified atom stereocenters. The van der Waals surface area contributed by atoms with Gasteiger partial charge < -0.3 is 19.3 Å². The Morgan fingerprint density at radius 1 is 1.06 bits per heavy atom. The highest BCUT2D eigenvalue weighted by atomic mass is 19.1. The van der Waals surface area contributed by atoms with Crippen molar-refractivity contribution in [2.24, 2.45) is 0 Å². The highest BCUT2D eigenvalue weighted by Crippen LogP contribution is 2.25. The highest BCUT2D eigenvalue weighted by molar-refractivity contribution is 5.62. The van der Waals surface area contributed by atoms with Crippen LogP contribution in [-0.2, 0) is 11.2 Å². The van der Waals surface area contributed by atoms with Crippen molar-refractivity contribution in [1.82, 2.24) is 19.5 Å². The third-order valence-electron chi connectivity index (χ3n) is 5.11. The molecule has 4 heterocycles. The molecule has 1 aromatic carbocycles. The number of pyridine rings is 1. The van der Waals surface area contributed by atoms with Crippen molar-refractivity contribution in [3.63, 3.8) is 0 Å². The summed E-state index contributed by atoms with van der Waals surface area (Å²) in [4.78, 5) is 23.5. The van der Waals surface area contributed by atoms with Crippen LogP contribution < -0.4 is 10.5 Å². The lowest BCUT2D eigenvalue weighted by atomic mass is 10.1. The van der Waals surface area contributed by atoms with Crippen molar-refractivity contribution >= 4 is 11.3 Å². The summed E-state index contributed by atoms with van der Waals surface area (Å²) in [5.74, 6) is -0.647. The molecule has 0 radical (unpaired) electrons. The van der Waals surface area contributed by atoms with E-state index in [2.05, 4.69) is 20.0 Å². The lowest BCUT2D eigenvalue weighted by molar-refractivity contribution is 0.122. The number of halogens is 1. The van der Waals surface area contributed by atoms with E-state index in [9.17, 15) is 14.3 Å². The predicted octanol–water partition coefficient (Wildman–Crippen LogP) is 2.02. The first kappa shape index (κ1) is 19.2. The van der Waals surface area contributed by atoms with E-state index in [-0.39, 0.29) is 17.4 Å². The number of hydrogen-bond donors (Lipinski definition) is 1. The molecule has 31 heavy (non-hydrogen) atoms. The Morgan fingerprint density at radius 3 is 2.61 bits per heavy atom. The van der Waals surface area contributed by atoms with Crippen molar-refractivity contribution < 1.29 is 18.8 Å². The fraction of sp³-hybridized carbons (Fsp3) is 0.238. The van der Waals surface area contributed by atoms with Gasteiger partial charge in [0, 0.05) is 25.7 Å². The van der Waals surface area contributed by atoms with Crippen LogP contribution in [0.25, 0.3) is 17.2 Å². The van der Waals surface area contributed by atoms with Crippen LogP contribution in [0.3, 0.4) is 0 Å². The normalized spacial score (nSPS) is 14.3. The average Bonchev–Trinajstić information content (AvgIpc) is 3.26. The molecule has 1 N–H and O–H groups in total. The van der Waals surface area contributed by atoms with E-state index >= 15 is 0 Å². The maximum absolute atomic E-state index is 13.1. The van der Waals surface area contributed by atoms with Crippen LogP contribution in [0.2, 0.25) is 0 Å². The Hall–Kier alpha value is -3.79. The fourth-order valence-corrected chi connectivity index (χ4v) is 3.48. The maximum Gasteiger partial charge on any atom is 0.300 e. The van der Waals surface area contributed by atoms with Gasteiger partial charge in [-0.1, -0.05) is 17.3 Å². The van der Waals surface area contributed by atoms with Crippen LogP contribution in [0, 0.1) is 5.82 Å². The smallest absolute Gasteiger partial charge is 0.300 e. The minimum absolute atomic E-state index is 0.0635. The summed E-state index contributed by atoms with van der Waals surface area (Å²) in [5, 5.41) is 14.4. The van der Waals surface area contributed by atoms with Crippen LogP contribution in [0.4, 0.5) is 10.1 Å². The van der Waals surface area contributed by atoms with E-state index in [0.29, 0.717) is 31.1 Å². The third kappa shape index (κ3) is 3.73. The molecular weight excluding hydrogens is 405 g/mol. The quantitative estimate of drug-likeness (QED) is 0.531. The maximum atomic E-state index is 13.1. The topological polar surface area (TPSA) is 106 Å². The number of hydrogen-bond acceptors (Lipinski definition) is 8. The molecule has 0 atom stereocenters.